The van der Waals surface area contributed by atoms with Crippen LogP contribution in [0.3, 0.4) is 0 Å². The minimum Gasteiger partial charge on any atom is -0.361 e. The van der Waals surface area contributed by atoms with Crippen LogP contribution in [0.4, 0.5) is 0 Å². The minimum atomic E-state index is 0.649. The van der Waals surface area contributed by atoms with Gasteiger partial charge in [-0.25, -0.2) is 0 Å². The summed E-state index contributed by atoms with van der Waals surface area (Å²) in [4.78, 5) is 2.51. The van der Waals surface area contributed by atoms with Crippen LogP contribution in [0.2, 0.25) is 0 Å². The molecule has 4 heteroatoms. The normalized spacial score (nSPS) is 22.5. The average molecular weight is 223 g/mol. The molecule has 90 valence electrons. The van der Waals surface area contributed by atoms with E-state index in [1.54, 1.807) is 0 Å². The highest BCUT2D eigenvalue weighted by atomic mass is 16.5. The van der Waals surface area contributed by atoms with Gasteiger partial charge in [-0.1, -0.05) is 11.6 Å². The summed E-state index contributed by atoms with van der Waals surface area (Å²) in [6, 6.07) is 2.68. The van der Waals surface area contributed by atoms with Gasteiger partial charge in [0, 0.05) is 25.2 Å². The second-order valence-electron chi connectivity index (χ2n) is 4.61. The largest absolute Gasteiger partial charge is 0.361 e. The number of likely N-dealkylation sites (tertiary alicyclic amines) is 1. The topological polar surface area (TPSA) is 41.3 Å². The maximum atomic E-state index is 5.11. The van der Waals surface area contributed by atoms with E-state index in [1.807, 2.05) is 20.0 Å². The summed E-state index contributed by atoms with van der Waals surface area (Å²) in [6.07, 6.45) is 3.94. The van der Waals surface area contributed by atoms with Gasteiger partial charge < -0.3 is 9.84 Å². The van der Waals surface area contributed by atoms with Crippen LogP contribution in [0, 0.1) is 6.92 Å². The van der Waals surface area contributed by atoms with E-state index in [1.165, 1.54) is 25.8 Å². The number of nitrogens with zero attached hydrogens (tertiary/aromatic N) is 2. The number of hydrogen-bond donors (Lipinski definition) is 1. The van der Waals surface area contributed by atoms with Gasteiger partial charge >= 0.3 is 0 Å². The van der Waals surface area contributed by atoms with E-state index in [0.29, 0.717) is 6.04 Å². The van der Waals surface area contributed by atoms with Crippen molar-refractivity contribution in [1.82, 2.24) is 15.4 Å². The molecule has 1 aromatic rings. The van der Waals surface area contributed by atoms with E-state index >= 15 is 0 Å². The highest BCUT2D eigenvalue weighted by Crippen LogP contribution is 2.19. The summed E-state index contributed by atoms with van der Waals surface area (Å²) in [5, 5.41) is 7.34. The molecule has 0 radical (unpaired) electrons. The van der Waals surface area contributed by atoms with Crippen molar-refractivity contribution >= 4 is 0 Å². The lowest BCUT2D eigenvalue weighted by molar-refractivity contribution is 0.136. The number of hydrogen-bond acceptors (Lipinski definition) is 4. The molecule has 1 aromatic heterocycles. The maximum absolute atomic E-state index is 5.11. The van der Waals surface area contributed by atoms with E-state index in [0.717, 1.165) is 24.5 Å². The summed E-state index contributed by atoms with van der Waals surface area (Å²) in [5.41, 5.74) is 1.06. The van der Waals surface area contributed by atoms with Gasteiger partial charge in [0.15, 0.2) is 0 Å². The van der Waals surface area contributed by atoms with Crippen LogP contribution < -0.4 is 5.32 Å². The van der Waals surface area contributed by atoms with Crippen LogP contribution in [0.25, 0.3) is 0 Å². The van der Waals surface area contributed by atoms with Crippen LogP contribution in [0.5, 0.6) is 0 Å². The van der Waals surface area contributed by atoms with E-state index in [2.05, 4.69) is 15.4 Å². The van der Waals surface area contributed by atoms with Gasteiger partial charge in [0.25, 0.3) is 0 Å². The first-order valence-corrected chi connectivity index (χ1v) is 6.10. The lowest BCUT2D eigenvalue weighted by Gasteiger charge is -2.35. The first-order valence-electron chi connectivity index (χ1n) is 6.10. The molecule has 2 heterocycles. The summed E-state index contributed by atoms with van der Waals surface area (Å²) < 4.78 is 5.11. The monoisotopic (exact) mass is 223 g/mol. The molecule has 1 unspecified atom stereocenters. The molecule has 0 aliphatic carbocycles. The number of piperidine rings is 1. The average Bonchev–Trinajstić information content (AvgIpc) is 2.67. The van der Waals surface area contributed by atoms with Crippen LogP contribution in [-0.2, 0) is 6.54 Å². The van der Waals surface area contributed by atoms with Gasteiger partial charge in [-0.3, -0.25) is 4.90 Å². The fourth-order valence-corrected chi connectivity index (χ4v) is 2.44. The predicted octanol–water partition coefficient (Wildman–Crippen LogP) is 1.56. The lowest BCUT2D eigenvalue weighted by Crippen LogP contribution is -2.44. The molecule has 0 amide bonds. The standard InChI is InChI=1S/C12H21N3O/c1-10-7-11(14-16-10)9-15-6-4-3-5-12(15)8-13-2/h7,12-13H,3-6,8-9H2,1-2H3. The van der Waals surface area contributed by atoms with Crippen molar-refractivity contribution in [2.45, 2.75) is 38.8 Å². The summed E-state index contributed by atoms with van der Waals surface area (Å²) in [5.74, 6) is 0.900. The van der Waals surface area contributed by atoms with Crippen molar-refractivity contribution in [3.63, 3.8) is 0 Å². The molecule has 16 heavy (non-hydrogen) atoms. The molecule has 0 spiro atoms. The third kappa shape index (κ3) is 2.83. The maximum Gasteiger partial charge on any atom is 0.133 e. The molecule has 0 aromatic carbocycles. The Morgan fingerprint density at radius 3 is 3.12 bits per heavy atom. The van der Waals surface area contributed by atoms with Gasteiger partial charge in [0.05, 0.1) is 5.69 Å². The Hall–Kier alpha value is -0.870. The summed E-state index contributed by atoms with van der Waals surface area (Å²) in [7, 11) is 2.02. The van der Waals surface area contributed by atoms with E-state index < -0.39 is 0 Å². The predicted molar refractivity (Wildman–Crippen MR) is 63.2 cm³/mol. The van der Waals surface area contributed by atoms with Crippen LogP contribution in [0.15, 0.2) is 10.6 Å². The molecule has 1 aliphatic rings. The third-order valence-electron chi connectivity index (χ3n) is 3.23. The zero-order valence-electron chi connectivity index (χ0n) is 10.2. The Balaban J connectivity index is 1.95. The SMILES string of the molecule is CNCC1CCCCN1Cc1cc(C)on1. The molecular formula is C12H21N3O. The summed E-state index contributed by atoms with van der Waals surface area (Å²) >= 11 is 0. The van der Waals surface area contributed by atoms with Gasteiger partial charge in [-0.05, 0) is 33.4 Å². The number of aromatic nitrogens is 1. The number of rotatable bonds is 4. The second kappa shape index (κ2) is 5.46. The molecule has 1 atom stereocenters. The van der Waals surface area contributed by atoms with E-state index in [-0.39, 0.29) is 0 Å². The Kier molecular flexibility index (Phi) is 3.96. The third-order valence-corrected chi connectivity index (χ3v) is 3.23. The van der Waals surface area contributed by atoms with E-state index in [9.17, 15) is 0 Å². The van der Waals surface area contributed by atoms with Crippen LogP contribution in [-0.4, -0.2) is 36.2 Å². The van der Waals surface area contributed by atoms with Gasteiger partial charge in [-0.2, -0.15) is 0 Å². The Morgan fingerprint density at radius 1 is 1.56 bits per heavy atom. The van der Waals surface area contributed by atoms with Crippen molar-refractivity contribution < 1.29 is 4.52 Å². The number of aryl methyl sites for hydroxylation is 1. The quantitative estimate of drug-likeness (QED) is 0.841. The van der Waals surface area contributed by atoms with Gasteiger partial charge in [0.2, 0.25) is 0 Å². The zero-order valence-corrected chi connectivity index (χ0v) is 10.2. The summed E-state index contributed by atoms with van der Waals surface area (Å²) in [6.45, 7) is 5.11. The second-order valence-corrected chi connectivity index (χ2v) is 4.61. The van der Waals surface area contributed by atoms with Gasteiger partial charge in [-0.15, -0.1) is 0 Å². The smallest absolute Gasteiger partial charge is 0.133 e. The Bertz CT molecular complexity index is 322. The number of likely N-dealkylation sites (N-methyl/N-ethyl adjacent to an activating group) is 1. The molecule has 0 bridgehead atoms. The minimum absolute atomic E-state index is 0.649. The van der Waals surface area contributed by atoms with Gasteiger partial charge in [0.1, 0.15) is 5.76 Å². The molecular weight excluding hydrogens is 202 g/mol. The van der Waals surface area contributed by atoms with Crippen molar-refractivity contribution in [3.8, 4) is 0 Å². The first kappa shape index (κ1) is 11.6. The molecule has 1 saturated heterocycles. The van der Waals surface area contributed by atoms with Crippen molar-refractivity contribution in [1.29, 1.82) is 0 Å². The fraction of sp³-hybridized carbons (Fsp3) is 0.750. The molecule has 1 fully saturated rings. The lowest BCUT2D eigenvalue weighted by atomic mass is 10.0. The van der Waals surface area contributed by atoms with Crippen molar-refractivity contribution in [2.24, 2.45) is 0 Å². The number of nitrogens with one attached hydrogen (secondary N) is 1. The molecule has 1 aliphatic heterocycles. The zero-order chi connectivity index (χ0) is 11.4. The van der Waals surface area contributed by atoms with Crippen LogP contribution >= 0.6 is 0 Å². The first-order chi connectivity index (χ1) is 7.79. The molecule has 1 N–H and O–H groups in total. The Labute approximate surface area is 97.0 Å². The van der Waals surface area contributed by atoms with Crippen molar-refractivity contribution in [2.75, 3.05) is 20.1 Å². The molecule has 4 nitrogen and oxygen atoms in total. The van der Waals surface area contributed by atoms with Crippen LogP contribution in [0.1, 0.15) is 30.7 Å². The highest BCUT2D eigenvalue weighted by molar-refractivity contribution is 5.03. The molecule has 2 rings (SSSR count). The molecule has 0 saturated carbocycles. The Morgan fingerprint density at radius 2 is 2.44 bits per heavy atom. The van der Waals surface area contributed by atoms with Crippen molar-refractivity contribution in [3.05, 3.63) is 17.5 Å². The van der Waals surface area contributed by atoms with E-state index in [4.69, 9.17) is 4.52 Å². The fourth-order valence-electron chi connectivity index (χ4n) is 2.44. The highest BCUT2D eigenvalue weighted by Gasteiger charge is 2.22.